The molecule has 2 aromatic heterocycles. The second-order valence-corrected chi connectivity index (χ2v) is 3.94. The molecule has 0 unspecified atom stereocenters. The van der Waals surface area contributed by atoms with E-state index in [0.29, 0.717) is 10.8 Å². The molecule has 15 heavy (non-hydrogen) atoms. The molecule has 0 spiro atoms. The molecule has 0 aliphatic rings. The van der Waals surface area contributed by atoms with Crippen LogP contribution in [-0.2, 0) is 0 Å². The van der Waals surface area contributed by atoms with E-state index in [-0.39, 0.29) is 0 Å². The number of nitrogens with zero attached hydrogens (tertiary/aromatic N) is 3. The van der Waals surface area contributed by atoms with E-state index in [1.54, 1.807) is 24.7 Å². The lowest BCUT2D eigenvalue weighted by Crippen LogP contribution is -1.95. The molecule has 0 atom stereocenters. The molecule has 2 heterocycles. The Hall–Kier alpha value is -1.62. The number of aryl methyl sites for hydroxylation is 1. The average molecular weight is 218 g/mol. The average Bonchev–Trinajstić information content (AvgIpc) is 2.26. The Morgan fingerprint density at radius 3 is 2.60 bits per heavy atom. The SMILES string of the molecule is Cc1ccnc(Sc2ncccn2)c1N. The van der Waals surface area contributed by atoms with Crippen molar-refractivity contribution in [3.8, 4) is 0 Å². The molecule has 76 valence electrons. The maximum atomic E-state index is 5.89. The molecule has 0 aromatic carbocycles. The molecule has 2 N–H and O–H groups in total. The molecule has 4 nitrogen and oxygen atoms in total. The minimum atomic E-state index is 0.655. The smallest absolute Gasteiger partial charge is 0.193 e. The maximum absolute atomic E-state index is 5.89. The van der Waals surface area contributed by atoms with E-state index in [2.05, 4.69) is 15.0 Å². The van der Waals surface area contributed by atoms with Crippen molar-refractivity contribution in [1.82, 2.24) is 15.0 Å². The zero-order valence-corrected chi connectivity index (χ0v) is 9.03. The minimum Gasteiger partial charge on any atom is -0.396 e. The van der Waals surface area contributed by atoms with E-state index >= 15 is 0 Å². The Labute approximate surface area is 92.0 Å². The number of hydrogen-bond donors (Lipinski definition) is 1. The lowest BCUT2D eigenvalue weighted by Gasteiger charge is -2.04. The molecule has 0 bridgehead atoms. The van der Waals surface area contributed by atoms with Gasteiger partial charge in [-0.3, -0.25) is 0 Å². The largest absolute Gasteiger partial charge is 0.396 e. The van der Waals surface area contributed by atoms with Crippen LogP contribution in [0.3, 0.4) is 0 Å². The Morgan fingerprint density at radius 2 is 1.87 bits per heavy atom. The van der Waals surface area contributed by atoms with Crippen LogP contribution >= 0.6 is 11.8 Å². The molecule has 2 aromatic rings. The van der Waals surface area contributed by atoms with Gasteiger partial charge in [-0.2, -0.15) is 0 Å². The maximum Gasteiger partial charge on any atom is 0.193 e. The van der Waals surface area contributed by atoms with E-state index < -0.39 is 0 Å². The first-order valence-electron chi connectivity index (χ1n) is 4.43. The number of rotatable bonds is 2. The summed E-state index contributed by atoms with van der Waals surface area (Å²) in [6, 6.07) is 3.66. The molecule has 0 radical (unpaired) electrons. The normalized spacial score (nSPS) is 10.2. The molecule has 5 heteroatoms. The third-order valence-electron chi connectivity index (χ3n) is 1.90. The van der Waals surface area contributed by atoms with Crippen molar-refractivity contribution in [3.05, 3.63) is 36.3 Å². The highest BCUT2D eigenvalue weighted by molar-refractivity contribution is 7.99. The van der Waals surface area contributed by atoms with Gasteiger partial charge in [0.1, 0.15) is 5.03 Å². The Morgan fingerprint density at radius 1 is 1.13 bits per heavy atom. The molecule has 0 saturated carbocycles. The van der Waals surface area contributed by atoms with Gasteiger partial charge >= 0.3 is 0 Å². The Bertz CT molecular complexity index is 458. The quantitative estimate of drug-likeness (QED) is 0.780. The second-order valence-electron chi connectivity index (χ2n) is 2.98. The number of nitrogens with two attached hydrogens (primary N) is 1. The highest BCUT2D eigenvalue weighted by Gasteiger charge is 2.06. The summed E-state index contributed by atoms with van der Waals surface area (Å²) in [6.07, 6.45) is 5.12. The number of hydrogen-bond acceptors (Lipinski definition) is 5. The third kappa shape index (κ3) is 2.24. The molecule has 0 aliphatic carbocycles. The van der Waals surface area contributed by atoms with Crippen molar-refractivity contribution in [2.75, 3.05) is 5.73 Å². The van der Waals surface area contributed by atoms with Crippen molar-refractivity contribution in [2.45, 2.75) is 17.1 Å². The fourth-order valence-electron chi connectivity index (χ4n) is 1.05. The van der Waals surface area contributed by atoms with E-state index in [1.807, 2.05) is 13.0 Å². The highest BCUT2D eigenvalue weighted by Crippen LogP contribution is 2.28. The van der Waals surface area contributed by atoms with Crippen LogP contribution in [0.5, 0.6) is 0 Å². The van der Waals surface area contributed by atoms with Gasteiger partial charge in [0.15, 0.2) is 5.16 Å². The third-order valence-corrected chi connectivity index (χ3v) is 2.81. The van der Waals surface area contributed by atoms with E-state index in [0.717, 1.165) is 10.6 Å². The number of aromatic nitrogens is 3. The first-order chi connectivity index (χ1) is 7.27. The Balaban J connectivity index is 2.29. The summed E-state index contributed by atoms with van der Waals surface area (Å²) >= 11 is 1.37. The molecule has 0 saturated heterocycles. The Kier molecular flexibility index (Phi) is 2.82. The van der Waals surface area contributed by atoms with Crippen LogP contribution in [0.1, 0.15) is 5.56 Å². The predicted molar refractivity (Wildman–Crippen MR) is 59.5 cm³/mol. The van der Waals surface area contributed by atoms with Gasteiger partial charge < -0.3 is 5.73 Å². The fourth-order valence-corrected chi connectivity index (χ4v) is 1.84. The molecular formula is C10H10N4S. The standard InChI is InChI=1S/C10H10N4S/c1-7-3-6-12-9(8(7)11)15-10-13-4-2-5-14-10/h2-6H,11H2,1H3. The van der Waals surface area contributed by atoms with Crippen LogP contribution in [0, 0.1) is 6.92 Å². The van der Waals surface area contributed by atoms with Crippen molar-refractivity contribution in [3.63, 3.8) is 0 Å². The van der Waals surface area contributed by atoms with Crippen molar-refractivity contribution in [1.29, 1.82) is 0 Å². The first kappa shape index (κ1) is 9.92. The van der Waals surface area contributed by atoms with E-state index in [9.17, 15) is 0 Å². The predicted octanol–water partition coefficient (Wildman–Crippen LogP) is 1.91. The van der Waals surface area contributed by atoms with Gasteiger partial charge in [-0.1, -0.05) is 0 Å². The van der Waals surface area contributed by atoms with Gasteiger partial charge in [0.25, 0.3) is 0 Å². The lowest BCUT2D eigenvalue weighted by molar-refractivity contribution is 0.960. The summed E-state index contributed by atoms with van der Waals surface area (Å²) < 4.78 is 0. The van der Waals surface area contributed by atoms with Gasteiger partial charge in [0.05, 0.1) is 5.69 Å². The fraction of sp³-hybridized carbons (Fsp3) is 0.100. The number of nitrogen functional groups attached to an aromatic ring is 1. The molecule has 0 aliphatic heterocycles. The topological polar surface area (TPSA) is 64.7 Å². The van der Waals surface area contributed by atoms with Crippen molar-refractivity contribution in [2.24, 2.45) is 0 Å². The van der Waals surface area contributed by atoms with E-state index in [4.69, 9.17) is 5.73 Å². The minimum absolute atomic E-state index is 0.655. The van der Waals surface area contributed by atoms with E-state index in [1.165, 1.54) is 11.8 Å². The summed E-state index contributed by atoms with van der Waals surface area (Å²) in [6.45, 7) is 1.95. The van der Waals surface area contributed by atoms with Crippen LogP contribution in [0.15, 0.2) is 40.9 Å². The number of anilines is 1. The highest BCUT2D eigenvalue weighted by atomic mass is 32.2. The second kappa shape index (κ2) is 4.27. The summed E-state index contributed by atoms with van der Waals surface area (Å²) in [5.74, 6) is 0. The van der Waals surface area contributed by atoms with Crippen LogP contribution in [0.2, 0.25) is 0 Å². The lowest BCUT2D eigenvalue weighted by atomic mass is 10.3. The summed E-state index contributed by atoms with van der Waals surface area (Å²) in [5.41, 5.74) is 7.60. The molecule has 0 amide bonds. The van der Waals surface area contributed by atoms with Crippen LogP contribution in [0.4, 0.5) is 5.69 Å². The zero-order chi connectivity index (χ0) is 10.7. The summed E-state index contributed by atoms with van der Waals surface area (Å²) in [5, 5.41) is 1.41. The van der Waals surface area contributed by atoms with Gasteiger partial charge in [-0.25, -0.2) is 15.0 Å². The first-order valence-corrected chi connectivity index (χ1v) is 5.25. The van der Waals surface area contributed by atoms with Crippen molar-refractivity contribution >= 4 is 17.4 Å². The van der Waals surface area contributed by atoms with Gasteiger partial charge in [0.2, 0.25) is 0 Å². The number of pyridine rings is 1. The van der Waals surface area contributed by atoms with Gasteiger partial charge in [-0.05, 0) is 36.4 Å². The molecular weight excluding hydrogens is 208 g/mol. The molecule has 0 fully saturated rings. The summed E-state index contributed by atoms with van der Waals surface area (Å²) in [7, 11) is 0. The van der Waals surface area contributed by atoms with Crippen LogP contribution < -0.4 is 5.73 Å². The van der Waals surface area contributed by atoms with Crippen LogP contribution in [0.25, 0.3) is 0 Å². The monoisotopic (exact) mass is 218 g/mol. The van der Waals surface area contributed by atoms with Gasteiger partial charge in [0, 0.05) is 18.6 Å². The zero-order valence-electron chi connectivity index (χ0n) is 8.21. The summed E-state index contributed by atoms with van der Waals surface area (Å²) in [4.78, 5) is 12.4. The molecule has 2 rings (SSSR count). The van der Waals surface area contributed by atoms with Gasteiger partial charge in [-0.15, -0.1) is 0 Å². The van der Waals surface area contributed by atoms with Crippen LogP contribution in [-0.4, -0.2) is 15.0 Å². The van der Waals surface area contributed by atoms with Crippen molar-refractivity contribution < 1.29 is 0 Å².